The Balaban J connectivity index is 5.13. The zero-order valence-corrected chi connectivity index (χ0v) is 17.5. The van der Waals surface area contributed by atoms with E-state index in [-0.39, 0.29) is 18.3 Å². The molecule has 0 aromatic rings. The van der Waals surface area contributed by atoms with Crippen LogP contribution in [0.2, 0.25) is 0 Å². The van der Waals surface area contributed by atoms with Gasteiger partial charge in [-0.1, -0.05) is 34.1 Å². The third-order valence-corrected chi connectivity index (χ3v) is 4.53. The molecule has 0 saturated carbocycles. The number of carboxylic acids is 1. The van der Waals surface area contributed by atoms with E-state index in [4.69, 9.17) is 16.6 Å². The van der Waals surface area contributed by atoms with E-state index in [1.54, 1.807) is 20.8 Å². The Morgan fingerprint density at radius 3 is 1.79 bits per heavy atom. The summed E-state index contributed by atoms with van der Waals surface area (Å²) in [5, 5.41) is 16.5. The summed E-state index contributed by atoms with van der Waals surface area (Å²) in [5.74, 6) is -4.58. The summed E-state index contributed by atoms with van der Waals surface area (Å²) < 4.78 is 0. The Kier molecular flexibility index (Phi) is 10.9. The highest BCUT2D eigenvalue weighted by Gasteiger charge is 2.31. The van der Waals surface area contributed by atoms with Crippen molar-refractivity contribution in [2.75, 3.05) is 0 Å². The summed E-state index contributed by atoms with van der Waals surface area (Å²) >= 11 is 0. The van der Waals surface area contributed by atoms with Crippen LogP contribution in [-0.4, -0.2) is 58.9 Å². The molecule has 0 heterocycles. The van der Waals surface area contributed by atoms with E-state index in [1.165, 1.54) is 6.92 Å². The number of amides is 4. The molecular weight excluding hydrogens is 382 g/mol. The molecule has 0 fully saturated rings. The second kappa shape index (κ2) is 12.0. The summed E-state index contributed by atoms with van der Waals surface area (Å²) in [6, 6.07) is -4.33. The van der Waals surface area contributed by atoms with Crippen LogP contribution in [0.15, 0.2) is 0 Å². The van der Waals surface area contributed by atoms with Crippen LogP contribution in [0.4, 0.5) is 0 Å². The van der Waals surface area contributed by atoms with Crippen LogP contribution in [0.3, 0.4) is 0 Å². The Labute approximate surface area is 170 Å². The molecule has 0 radical (unpaired) electrons. The van der Waals surface area contributed by atoms with Crippen molar-refractivity contribution in [1.29, 1.82) is 0 Å². The van der Waals surface area contributed by atoms with Crippen molar-refractivity contribution >= 4 is 29.6 Å². The van der Waals surface area contributed by atoms with E-state index in [0.717, 1.165) is 0 Å². The van der Waals surface area contributed by atoms with Gasteiger partial charge in [-0.25, -0.2) is 4.79 Å². The molecule has 0 bridgehead atoms. The highest BCUT2D eigenvalue weighted by atomic mass is 16.4. The van der Waals surface area contributed by atoms with Crippen LogP contribution in [-0.2, 0) is 24.0 Å². The van der Waals surface area contributed by atoms with E-state index in [2.05, 4.69) is 16.0 Å². The summed E-state index contributed by atoms with van der Waals surface area (Å²) in [5.41, 5.74) is 10.6. The molecule has 11 nitrogen and oxygen atoms in total. The fraction of sp³-hybridized carbons (Fsp3) is 0.722. The highest BCUT2D eigenvalue weighted by Crippen LogP contribution is 2.09. The highest BCUT2D eigenvalue weighted by molar-refractivity contribution is 5.95. The fourth-order valence-electron chi connectivity index (χ4n) is 2.43. The van der Waals surface area contributed by atoms with Crippen molar-refractivity contribution < 1.29 is 29.1 Å². The van der Waals surface area contributed by atoms with Crippen LogP contribution < -0.4 is 27.4 Å². The quantitative estimate of drug-likeness (QED) is 0.222. The first kappa shape index (κ1) is 26.3. The first-order chi connectivity index (χ1) is 13.3. The lowest BCUT2D eigenvalue weighted by Crippen LogP contribution is -2.58. The van der Waals surface area contributed by atoms with Gasteiger partial charge < -0.3 is 32.5 Å². The molecule has 0 aliphatic heterocycles. The predicted molar refractivity (Wildman–Crippen MR) is 105 cm³/mol. The molecule has 0 spiro atoms. The summed E-state index contributed by atoms with van der Waals surface area (Å²) in [6.45, 7) is 8.24. The van der Waals surface area contributed by atoms with Gasteiger partial charge >= 0.3 is 5.97 Å². The Morgan fingerprint density at radius 1 is 0.862 bits per heavy atom. The lowest BCUT2D eigenvalue weighted by atomic mass is 9.97. The van der Waals surface area contributed by atoms with Crippen LogP contribution >= 0.6 is 0 Å². The normalized spacial score (nSPS) is 16.1. The first-order valence-corrected chi connectivity index (χ1v) is 9.49. The van der Waals surface area contributed by atoms with E-state index in [0.29, 0.717) is 6.42 Å². The fourth-order valence-corrected chi connectivity index (χ4v) is 2.43. The number of carbonyl (C=O) groups excluding carboxylic acids is 4. The zero-order chi connectivity index (χ0) is 22.9. The van der Waals surface area contributed by atoms with Gasteiger partial charge in [0.15, 0.2) is 0 Å². The number of carbonyl (C=O) groups is 5. The number of nitrogens with one attached hydrogen (secondary N) is 3. The van der Waals surface area contributed by atoms with Crippen molar-refractivity contribution in [3.05, 3.63) is 0 Å². The third-order valence-electron chi connectivity index (χ3n) is 4.53. The molecule has 0 saturated heterocycles. The maximum absolute atomic E-state index is 12.6. The standard InChI is InChI=1S/C18H33N5O6/c1-6-9(4)14(23-16(26)11(19)7-12(20)24)17(27)21-10(5)15(25)22-13(8(2)3)18(28)29/h8-11,13-14H,6-7,19H2,1-5H3,(H2,20,24)(H,21,27)(H,22,25)(H,23,26)(H,28,29). The smallest absolute Gasteiger partial charge is 0.326 e. The molecule has 0 aliphatic rings. The van der Waals surface area contributed by atoms with Crippen molar-refractivity contribution in [2.45, 2.75) is 71.6 Å². The maximum atomic E-state index is 12.6. The summed E-state index contributed by atoms with van der Waals surface area (Å²) in [7, 11) is 0. The number of hydrogen-bond acceptors (Lipinski definition) is 6. The van der Waals surface area contributed by atoms with Crippen molar-refractivity contribution in [3.63, 3.8) is 0 Å². The van der Waals surface area contributed by atoms with E-state index in [1.807, 2.05) is 6.92 Å². The van der Waals surface area contributed by atoms with E-state index < -0.39 is 53.8 Å². The van der Waals surface area contributed by atoms with Crippen LogP contribution in [0.5, 0.6) is 0 Å². The molecular formula is C18H33N5O6. The topological polar surface area (TPSA) is 194 Å². The molecule has 4 amide bonds. The number of primary amides is 1. The summed E-state index contributed by atoms with van der Waals surface area (Å²) in [6.07, 6.45) is 0.170. The van der Waals surface area contributed by atoms with Gasteiger partial charge in [0.2, 0.25) is 23.6 Å². The Bertz CT molecular complexity index is 624. The lowest BCUT2D eigenvalue weighted by molar-refractivity contribution is -0.143. The largest absolute Gasteiger partial charge is 0.480 e. The maximum Gasteiger partial charge on any atom is 0.326 e. The second-order valence-corrected chi connectivity index (χ2v) is 7.45. The Hall–Kier alpha value is -2.69. The molecule has 0 aliphatic carbocycles. The Morgan fingerprint density at radius 2 is 1.38 bits per heavy atom. The first-order valence-electron chi connectivity index (χ1n) is 9.49. The minimum absolute atomic E-state index is 0.294. The predicted octanol–water partition coefficient (Wildman–Crippen LogP) is -1.55. The average Bonchev–Trinajstić information content (AvgIpc) is 2.61. The van der Waals surface area contributed by atoms with E-state index >= 15 is 0 Å². The minimum Gasteiger partial charge on any atom is -0.480 e. The van der Waals surface area contributed by atoms with Gasteiger partial charge in [0.1, 0.15) is 18.1 Å². The van der Waals surface area contributed by atoms with Gasteiger partial charge in [0.25, 0.3) is 0 Å². The third kappa shape index (κ3) is 8.90. The number of nitrogens with two attached hydrogens (primary N) is 2. The minimum atomic E-state index is -1.20. The van der Waals surface area contributed by atoms with Gasteiger partial charge in [0.05, 0.1) is 12.5 Å². The van der Waals surface area contributed by atoms with Gasteiger partial charge in [-0.2, -0.15) is 0 Å². The number of carboxylic acid groups (broad SMARTS) is 1. The van der Waals surface area contributed by atoms with Crippen molar-refractivity contribution in [2.24, 2.45) is 23.3 Å². The number of hydrogen-bond donors (Lipinski definition) is 6. The van der Waals surface area contributed by atoms with Crippen LogP contribution in [0.1, 0.15) is 47.5 Å². The molecule has 5 unspecified atom stereocenters. The van der Waals surface area contributed by atoms with Gasteiger partial charge in [-0.3, -0.25) is 19.2 Å². The molecule has 0 aromatic carbocycles. The van der Waals surface area contributed by atoms with Gasteiger partial charge in [-0.15, -0.1) is 0 Å². The van der Waals surface area contributed by atoms with E-state index in [9.17, 15) is 24.0 Å². The monoisotopic (exact) mass is 415 g/mol. The second-order valence-electron chi connectivity index (χ2n) is 7.45. The van der Waals surface area contributed by atoms with Crippen LogP contribution in [0, 0.1) is 11.8 Å². The summed E-state index contributed by atoms with van der Waals surface area (Å²) in [4.78, 5) is 59.2. The SMILES string of the molecule is CCC(C)C(NC(=O)C(N)CC(N)=O)C(=O)NC(C)C(=O)NC(C(=O)O)C(C)C. The van der Waals surface area contributed by atoms with Crippen molar-refractivity contribution in [3.8, 4) is 0 Å². The molecule has 11 heteroatoms. The van der Waals surface area contributed by atoms with Gasteiger partial charge in [0, 0.05) is 0 Å². The number of rotatable bonds is 12. The molecule has 29 heavy (non-hydrogen) atoms. The van der Waals surface area contributed by atoms with Crippen molar-refractivity contribution in [1.82, 2.24) is 16.0 Å². The van der Waals surface area contributed by atoms with Crippen LogP contribution in [0.25, 0.3) is 0 Å². The van der Waals surface area contributed by atoms with Gasteiger partial charge in [-0.05, 0) is 18.8 Å². The number of aliphatic carboxylic acids is 1. The lowest BCUT2D eigenvalue weighted by Gasteiger charge is -2.27. The molecule has 5 atom stereocenters. The molecule has 8 N–H and O–H groups in total. The zero-order valence-electron chi connectivity index (χ0n) is 17.5. The molecule has 0 rings (SSSR count). The molecule has 0 aromatic heterocycles. The molecule has 166 valence electrons. The average molecular weight is 415 g/mol.